The van der Waals surface area contributed by atoms with E-state index in [4.69, 9.17) is 5.73 Å². The molecule has 0 atom stereocenters. The summed E-state index contributed by atoms with van der Waals surface area (Å²) in [6.07, 6.45) is 6.68. The summed E-state index contributed by atoms with van der Waals surface area (Å²) in [7, 11) is 0. The summed E-state index contributed by atoms with van der Waals surface area (Å²) in [5.74, 6) is 1.17. The zero-order chi connectivity index (χ0) is 16.0. The van der Waals surface area contributed by atoms with Gasteiger partial charge in [-0.05, 0) is 13.0 Å². The lowest BCUT2D eigenvalue weighted by Gasteiger charge is -2.40. The van der Waals surface area contributed by atoms with Crippen molar-refractivity contribution in [2.24, 2.45) is 5.73 Å². The van der Waals surface area contributed by atoms with Crippen molar-refractivity contribution in [2.45, 2.75) is 13.0 Å². The highest BCUT2D eigenvalue weighted by atomic mass is 16.1. The molecule has 4 heterocycles. The van der Waals surface area contributed by atoms with Crippen LogP contribution in [0, 0.1) is 6.92 Å². The van der Waals surface area contributed by atoms with Gasteiger partial charge in [0, 0.05) is 30.9 Å². The van der Waals surface area contributed by atoms with Crippen molar-refractivity contribution in [3.05, 3.63) is 42.2 Å². The fourth-order valence-corrected chi connectivity index (χ4v) is 2.78. The SMILES string of the molecule is Cc1nc(N2CC(n3cc(C(N)=O)cn3)C2)c2ccncc2n1. The van der Waals surface area contributed by atoms with Gasteiger partial charge in [-0.3, -0.25) is 14.5 Å². The second-order valence-electron chi connectivity index (χ2n) is 5.62. The van der Waals surface area contributed by atoms with Crippen molar-refractivity contribution in [1.29, 1.82) is 0 Å². The molecule has 1 fully saturated rings. The van der Waals surface area contributed by atoms with Crippen LogP contribution in [0.25, 0.3) is 10.9 Å². The van der Waals surface area contributed by atoms with Crippen LogP contribution in [-0.2, 0) is 0 Å². The number of carbonyl (C=O) groups is 1. The Hall–Kier alpha value is -3.03. The molecule has 8 heteroatoms. The van der Waals surface area contributed by atoms with Crippen LogP contribution in [0.5, 0.6) is 0 Å². The molecule has 0 saturated carbocycles. The van der Waals surface area contributed by atoms with Gasteiger partial charge >= 0.3 is 0 Å². The number of fused-ring (bicyclic) bond motifs is 1. The molecule has 1 amide bonds. The minimum absolute atomic E-state index is 0.204. The lowest BCUT2D eigenvalue weighted by Crippen LogP contribution is -2.48. The van der Waals surface area contributed by atoms with E-state index < -0.39 is 5.91 Å². The maximum absolute atomic E-state index is 11.1. The maximum Gasteiger partial charge on any atom is 0.251 e. The van der Waals surface area contributed by atoms with Gasteiger partial charge < -0.3 is 10.6 Å². The summed E-state index contributed by atoms with van der Waals surface area (Å²) in [5, 5.41) is 5.20. The van der Waals surface area contributed by atoms with Gasteiger partial charge in [0.05, 0.1) is 29.5 Å². The minimum atomic E-state index is -0.461. The Morgan fingerprint density at radius 2 is 2.13 bits per heavy atom. The topological polar surface area (TPSA) is 103 Å². The van der Waals surface area contributed by atoms with Gasteiger partial charge in [-0.1, -0.05) is 0 Å². The molecular formula is C15H15N7O. The number of anilines is 1. The summed E-state index contributed by atoms with van der Waals surface area (Å²) < 4.78 is 1.79. The maximum atomic E-state index is 11.1. The third-order valence-electron chi connectivity index (χ3n) is 4.01. The van der Waals surface area contributed by atoms with Crippen molar-refractivity contribution in [1.82, 2.24) is 24.7 Å². The second-order valence-corrected chi connectivity index (χ2v) is 5.62. The summed E-state index contributed by atoms with van der Waals surface area (Å²) in [6, 6.07) is 2.13. The van der Waals surface area contributed by atoms with E-state index in [0.717, 1.165) is 35.6 Å². The van der Waals surface area contributed by atoms with E-state index in [0.29, 0.717) is 5.56 Å². The molecule has 4 rings (SSSR count). The Morgan fingerprint density at radius 1 is 1.30 bits per heavy atom. The Labute approximate surface area is 132 Å². The molecule has 0 radical (unpaired) electrons. The molecule has 23 heavy (non-hydrogen) atoms. The van der Waals surface area contributed by atoms with Crippen LogP contribution in [-0.4, -0.2) is 43.7 Å². The number of nitrogens with zero attached hydrogens (tertiary/aromatic N) is 6. The van der Waals surface area contributed by atoms with Crippen LogP contribution in [0.2, 0.25) is 0 Å². The number of aryl methyl sites for hydroxylation is 1. The molecule has 1 aliphatic heterocycles. The van der Waals surface area contributed by atoms with Crippen molar-refractivity contribution in [2.75, 3.05) is 18.0 Å². The Morgan fingerprint density at radius 3 is 2.87 bits per heavy atom. The Balaban J connectivity index is 1.59. The minimum Gasteiger partial charge on any atom is -0.366 e. The van der Waals surface area contributed by atoms with Gasteiger partial charge in [-0.25, -0.2) is 9.97 Å². The molecular weight excluding hydrogens is 294 g/mol. The largest absolute Gasteiger partial charge is 0.366 e. The highest BCUT2D eigenvalue weighted by Crippen LogP contribution is 2.31. The third kappa shape index (κ3) is 2.28. The fraction of sp³-hybridized carbons (Fsp3) is 0.267. The molecule has 3 aromatic heterocycles. The number of carbonyl (C=O) groups excluding carboxylic acids is 1. The number of primary amides is 1. The molecule has 3 aromatic rings. The first kappa shape index (κ1) is 13.6. The monoisotopic (exact) mass is 309 g/mol. The van der Waals surface area contributed by atoms with Crippen molar-refractivity contribution in [3.8, 4) is 0 Å². The van der Waals surface area contributed by atoms with Crippen LogP contribution >= 0.6 is 0 Å². The number of amides is 1. The van der Waals surface area contributed by atoms with Crippen molar-refractivity contribution < 1.29 is 4.79 Å². The molecule has 1 saturated heterocycles. The molecule has 2 N–H and O–H groups in total. The molecule has 0 aliphatic carbocycles. The molecule has 8 nitrogen and oxygen atoms in total. The number of aromatic nitrogens is 5. The lowest BCUT2D eigenvalue weighted by molar-refractivity contribution is 0.1000. The smallest absolute Gasteiger partial charge is 0.251 e. The van der Waals surface area contributed by atoms with Gasteiger partial charge in [0.15, 0.2) is 0 Å². The Kier molecular flexibility index (Phi) is 2.97. The van der Waals surface area contributed by atoms with Crippen LogP contribution in [0.15, 0.2) is 30.9 Å². The average Bonchev–Trinajstić information content (AvgIpc) is 2.95. The van der Waals surface area contributed by atoms with Gasteiger partial charge in [-0.15, -0.1) is 0 Å². The molecule has 0 spiro atoms. The summed E-state index contributed by atoms with van der Waals surface area (Å²) in [4.78, 5) is 26.4. The van der Waals surface area contributed by atoms with E-state index in [-0.39, 0.29) is 6.04 Å². The summed E-state index contributed by atoms with van der Waals surface area (Å²) >= 11 is 0. The Bertz CT molecular complexity index is 898. The predicted molar refractivity (Wildman–Crippen MR) is 84.1 cm³/mol. The van der Waals surface area contributed by atoms with E-state index in [1.807, 2.05) is 13.0 Å². The van der Waals surface area contributed by atoms with Gasteiger partial charge in [0.25, 0.3) is 5.91 Å². The first-order valence-electron chi connectivity index (χ1n) is 7.29. The first-order valence-corrected chi connectivity index (χ1v) is 7.29. The van der Waals surface area contributed by atoms with Gasteiger partial charge in [0.1, 0.15) is 11.6 Å². The second kappa shape index (κ2) is 5.01. The summed E-state index contributed by atoms with van der Waals surface area (Å²) in [5.41, 5.74) is 6.53. The quantitative estimate of drug-likeness (QED) is 0.763. The van der Waals surface area contributed by atoms with Crippen LogP contribution in [0.3, 0.4) is 0 Å². The highest BCUT2D eigenvalue weighted by molar-refractivity contribution is 5.92. The average molecular weight is 309 g/mol. The fourth-order valence-electron chi connectivity index (χ4n) is 2.78. The molecule has 116 valence electrons. The van der Waals surface area contributed by atoms with Gasteiger partial charge in [-0.2, -0.15) is 5.10 Å². The van der Waals surface area contributed by atoms with Crippen molar-refractivity contribution in [3.63, 3.8) is 0 Å². The molecule has 0 unspecified atom stereocenters. The van der Waals surface area contributed by atoms with Crippen molar-refractivity contribution >= 4 is 22.6 Å². The van der Waals surface area contributed by atoms with E-state index >= 15 is 0 Å². The lowest BCUT2D eigenvalue weighted by atomic mass is 10.1. The number of rotatable bonds is 3. The zero-order valence-corrected chi connectivity index (χ0v) is 12.5. The number of hydrogen-bond donors (Lipinski definition) is 1. The van der Waals surface area contributed by atoms with E-state index in [9.17, 15) is 4.79 Å². The van der Waals surface area contributed by atoms with E-state index in [1.54, 1.807) is 23.3 Å². The molecule has 0 aromatic carbocycles. The summed E-state index contributed by atoms with van der Waals surface area (Å²) in [6.45, 7) is 3.42. The van der Waals surface area contributed by atoms with Gasteiger partial charge in [0.2, 0.25) is 0 Å². The number of nitrogens with two attached hydrogens (primary N) is 1. The highest BCUT2D eigenvalue weighted by Gasteiger charge is 2.31. The molecule has 1 aliphatic rings. The van der Waals surface area contributed by atoms with E-state index in [1.165, 1.54) is 6.20 Å². The normalized spacial score (nSPS) is 14.9. The first-order chi connectivity index (χ1) is 11.1. The predicted octanol–water partition coefficient (Wildman–Crippen LogP) is 0.690. The third-order valence-corrected chi connectivity index (χ3v) is 4.01. The number of pyridine rings is 1. The van der Waals surface area contributed by atoms with Crippen LogP contribution < -0.4 is 10.6 Å². The van der Waals surface area contributed by atoms with E-state index in [2.05, 4.69) is 25.0 Å². The molecule has 0 bridgehead atoms. The van der Waals surface area contributed by atoms with Crippen LogP contribution in [0.1, 0.15) is 22.2 Å². The van der Waals surface area contributed by atoms with Crippen LogP contribution in [0.4, 0.5) is 5.82 Å². The standard InChI is InChI=1S/C15H15N7O/c1-9-19-13-5-17-3-2-12(13)15(20-9)21-7-11(8-21)22-6-10(4-18-22)14(16)23/h2-6,11H,7-8H2,1H3,(H2,16,23). The number of hydrogen-bond acceptors (Lipinski definition) is 6. The zero-order valence-electron chi connectivity index (χ0n) is 12.5.